The molecule has 6 heteroatoms. The predicted octanol–water partition coefficient (Wildman–Crippen LogP) is 2.19. The first-order chi connectivity index (χ1) is 9.40. The molecular formula is C14H17N3O3. The zero-order valence-corrected chi connectivity index (χ0v) is 11.7. The van der Waals surface area contributed by atoms with Gasteiger partial charge in [-0.05, 0) is 31.0 Å². The van der Waals surface area contributed by atoms with Crippen molar-refractivity contribution in [2.75, 3.05) is 12.4 Å². The van der Waals surface area contributed by atoms with Gasteiger partial charge in [0.25, 0.3) is 0 Å². The van der Waals surface area contributed by atoms with Gasteiger partial charge >= 0.3 is 12.0 Å². The molecule has 0 aliphatic heterocycles. The van der Waals surface area contributed by atoms with Crippen molar-refractivity contribution in [3.8, 4) is 6.07 Å². The van der Waals surface area contributed by atoms with E-state index < -0.39 is 18.0 Å². The molecule has 0 fully saturated rings. The molecule has 0 heterocycles. The molecule has 0 aromatic heterocycles. The quantitative estimate of drug-likeness (QED) is 0.880. The maximum atomic E-state index is 12.0. The van der Waals surface area contributed by atoms with E-state index in [-0.39, 0.29) is 0 Å². The van der Waals surface area contributed by atoms with E-state index in [1.54, 1.807) is 32.0 Å². The fourth-order valence-corrected chi connectivity index (χ4v) is 1.79. The van der Waals surface area contributed by atoms with Crippen molar-refractivity contribution in [1.29, 1.82) is 5.26 Å². The van der Waals surface area contributed by atoms with E-state index in [0.717, 1.165) is 10.5 Å². The highest BCUT2D eigenvalue weighted by Crippen LogP contribution is 2.17. The summed E-state index contributed by atoms with van der Waals surface area (Å²) < 4.78 is 0. The summed E-state index contributed by atoms with van der Waals surface area (Å²) in [6.45, 7) is 3.50. The fourth-order valence-electron chi connectivity index (χ4n) is 1.79. The number of nitrogens with zero attached hydrogens (tertiary/aromatic N) is 2. The van der Waals surface area contributed by atoms with Gasteiger partial charge in [0.05, 0.1) is 11.6 Å². The van der Waals surface area contributed by atoms with Crippen molar-refractivity contribution in [2.45, 2.75) is 26.3 Å². The Hall–Kier alpha value is -2.55. The number of carboxylic acid groups (broad SMARTS) is 1. The zero-order chi connectivity index (χ0) is 15.3. The average molecular weight is 275 g/mol. The van der Waals surface area contributed by atoms with Gasteiger partial charge in [-0.15, -0.1) is 0 Å². The Morgan fingerprint density at radius 2 is 2.15 bits per heavy atom. The average Bonchev–Trinajstić information content (AvgIpc) is 2.41. The summed E-state index contributed by atoms with van der Waals surface area (Å²) in [6.07, 6.45) is 0.316. The maximum absolute atomic E-state index is 12.0. The van der Waals surface area contributed by atoms with Crippen LogP contribution in [0.1, 0.15) is 24.5 Å². The van der Waals surface area contributed by atoms with Gasteiger partial charge in [-0.25, -0.2) is 9.59 Å². The highest BCUT2D eigenvalue weighted by atomic mass is 16.4. The van der Waals surface area contributed by atoms with Crippen LogP contribution in [0.3, 0.4) is 0 Å². The molecule has 0 bridgehead atoms. The first kappa shape index (κ1) is 15.5. The molecule has 1 atom stereocenters. The molecule has 1 unspecified atom stereocenters. The lowest BCUT2D eigenvalue weighted by Gasteiger charge is -2.24. The van der Waals surface area contributed by atoms with Crippen molar-refractivity contribution in [2.24, 2.45) is 0 Å². The van der Waals surface area contributed by atoms with Crippen molar-refractivity contribution in [1.82, 2.24) is 4.90 Å². The van der Waals surface area contributed by atoms with E-state index in [2.05, 4.69) is 5.32 Å². The Morgan fingerprint density at radius 1 is 1.50 bits per heavy atom. The van der Waals surface area contributed by atoms with E-state index >= 15 is 0 Å². The molecule has 0 aliphatic rings. The number of amides is 2. The van der Waals surface area contributed by atoms with Crippen LogP contribution in [-0.2, 0) is 4.79 Å². The Labute approximate surface area is 117 Å². The second-order valence-corrected chi connectivity index (χ2v) is 4.44. The first-order valence-electron chi connectivity index (χ1n) is 6.18. The standard InChI is InChI=1S/C14H17N3O3/c1-4-12(13(18)19)17(3)14(20)16-11-7-10(8-15)6-5-9(11)2/h5-7,12H,4H2,1-3H3,(H,16,20)(H,18,19). The van der Waals surface area contributed by atoms with Gasteiger partial charge in [-0.3, -0.25) is 0 Å². The molecule has 1 rings (SSSR count). The third-order valence-corrected chi connectivity index (χ3v) is 3.07. The third kappa shape index (κ3) is 3.48. The Kier molecular flexibility index (Phi) is 5.09. The van der Waals surface area contributed by atoms with Crippen LogP contribution < -0.4 is 5.32 Å². The van der Waals surface area contributed by atoms with Crippen molar-refractivity contribution < 1.29 is 14.7 Å². The van der Waals surface area contributed by atoms with Gasteiger partial charge in [0.15, 0.2) is 0 Å². The number of likely N-dealkylation sites (N-methyl/N-ethyl adjacent to an activating group) is 1. The number of hydrogen-bond donors (Lipinski definition) is 2. The Morgan fingerprint density at radius 3 is 2.65 bits per heavy atom. The minimum Gasteiger partial charge on any atom is -0.480 e. The molecular weight excluding hydrogens is 258 g/mol. The van der Waals surface area contributed by atoms with E-state index in [1.165, 1.54) is 7.05 Å². The lowest BCUT2D eigenvalue weighted by molar-refractivity contribution is -0.141. The normalized spacial score (nSPS) is 11.3. The van der Waals surface area contributed by atoms with Crippen LogP contribution in [0.15, 0.2) is 18.2 Å². The summed E-state index contributed by atoms with van der Waals surface area (Å²) in [5, 5.41) is 20.5. The van der Waals surface area contributed by atoms with Gasteiger partial charge in [0, 0.05) is 12.7 Å². The smallest absolute Gasteiger partial charge is 0.326 e. The number of rotatable bonds is 4. The van der Waals surface area contributed by atoms with Gasteiger partial charge in [0.2, 0.25) is 0 Å². The molecule has 0 saturated heterocycles. The van der Waals surface area contributed by atoms with Crippen LogP contribution in [-0.4, -0.2) is 35.1 Å². The SMILES string of the molecule is CCC(C(=O)O)N(C)C(=O)Nc1cc(C#N)ccc1C. The molecule has 2 amide bonds. The van der Waals surface area contributed by atoms with Crippen LogP contribution in [0.25, 0.3) is 0 Å². The van der Waals surface area contributed by atoms with Crippen molar-refractivity contribution in [3.63, 3.8) is 0 Å². The Bertz CT molecular complexity index is 563. The largest absolute Gasteiger partial charge is 0.480 e. The van der Waals surface area contributed by atoms with Crippen LogP contribution in [0.4, 0.5) is 10.5 Å². The van der Waals surface area contributed by atoms with E-state index in [1.807, 2.05) is 6.07 Å². The molecule has 106 valence electrons. The maximum Gasteiger partial charge on any atom is 0.326 e. The van der Waals surface area contributed by atoms with Crippen molar-refractivity contribution in [3.05, 3.63) is 29.3 Å². The van der Waals surface area contributed by atoms with E-state index in [0.29, 0.717) is 17.7 Å². The number of carbonyl (C=O) groups is 2. The number of benzene rings is 1. The first-order valence-corrected chi connectivity index (χ1v) is 6.18. The van der Waals surface area contributed by atoms with Crippen molar-refractivity contribution >= 4 is 17.7 Å². The predicted molar refractivity (Wildman–Crippen MR) is 74.4 cm³/mol. The van der Waals surface area contributed by atoms with E-state index in [4.69, 9.17) is 10.4 Å². The van der Waals surface area contributed by atoms with Gasteiger partial charge in [-0.1, -0.05) is 13.0 Å². The monoisotopic (exact) mass is 275 g/mol. The zero-order valence-electron chi connectivity index (χ0n) is 11.7. The molecule has 0 aliphatic carbocycles. The molecule has 20 heavy (non-hydrogen) atoms. The van der Waals surface area contributed by atoms with Crippen LogP contribution in [0.5, 0.6) is 0 Å². The number of carbonyl (C=O) groups excluding carboxylic acids is 1. The number of aryl methyl sites for hydroxylation is 1. The summed E-state index contributed by atoms with van der Waals surface area (Å²) in [6, 6.07) is 5.53. The molecule has 2 N–H and O–H groups in total. The number of nitrogens with one attached hydrogen (secondary N) is 1. The third-order valence-electron chi connectivity index (χ3n) is 3.07. The summed E-state index contributed by atoms with van der Waals surface area (Å²) in [5.41, 5.74) is 1.73. The molecule has 0 saturated carbocycles. The number of nitriles is 1. The van der Waals surface area contributed by atoms with Crippen LogP contribution >= 0.6 is 0 Å². The van der Waals surface area contributed by atoms with Crippen LogP contribution in [0, 0.1) is 18.3 Å². The minimum atomic E-state index is -1.05. The topological polar surface area (TPSA) is 93.4 Å². The highest BCUT2D eigenvalue weighted by molar-refractivity contribution is 5.92. The lowest BCUT2D eigenvalue weighted by Crippen LogP contribution is -2.44. The second-order valence-electron chi connectivity index (χ2n) is 4.44. The summed E-state index contributed by atoms with van der Waals surface area (Å²) in [5.74, 6) is -1.05. The Balaban J connectivity index is 2.91. The lowest BCUT2D eigenvalue weighted by atomic mass is 10.1. The number of carboxylic acids is 1. The van der Waals surface area contributed by atoms with Gasteiger partial charge in [-0.2, -0.15) is 5.26 Å². The highest BCUT2D eigenvalue weighted by Gasteiger charge is 2.24. The fraction of sp³-hybridized carbons (Fsp3) is 0.357. The molecule has 6 nitrogen and oxygen atoms in total. The number of hydrogen-bond acceptors (Lipinski definition) is 3. The summed E-state index contributed by atoms with van der Waals surface area (Å²) in [4.78, 5) is 24.2. The van der Waals surface area contributed by atoms with Gasteiger partial charge in [0.1, 0.15) is 6.04 Å². The molecule has 1 aromatic carbocycles. The van der Waals surface area contributed by atoms with Crippen LogP contribution in [0.2, 0.25) is 0 Å². The number of urea groups is 1. The molecule has 0 spiro atoms. The summed E-state index contributed by atoms with van der Waals surface area (Å²) >= 11 is 0. The molecule has 0 radical (unpaired) electrons. The number of anilines is 1. The molecule has 1 aromatic rings. The van der Waals surface area contributed by atoms with Gasteiger partial charge < -0.3 is 15.3 Å². The van der Waals surface area contributed by atoms with E-state index in [9.17, 15) is 9.59 Å². The number of aliphatic carboxylic acids is 1. The summed E-state index contributed by atoms with van der Waals surface area (Å²) in [7, 11) is 1.43. The second kappa shape index (κ2) is 6.57. The minimum absolute atomic E-state index is 0.316.